The van der Waals surface area contributed by atoms with E-state index in [1.807, 2.05) is 13.0 Å². The van der Waals surface area contributed by atoms with Gasteiger partial charge in [0.05, 0.1) is 10.4 Å². The molecule has 108 valence electrons. The molecule has 0 aliphatic carbocycles. The lowest BCUT2D eigenvalue weighted by atomic mass is 10.2. The molecule has 0 bridgehead atoms. The maximum atomic E-state index is 13.1. The van der Waals surface area contributed by atoms with E-state index < -0.39 is 5.82 Å². The second-order valence-electron chi connectivity index (χ2n) is 4.52. The highest BCUT2D eigenvalue weighted by Gasteiger charge is 2.10. The monoisotopic (exact) mass is 341 g/mol. The third kappa shape index (κ3) is 3.10. The van der Waals surface area contributed by atoms with Crippen molar-refractivity contribution in [1.82, 2.24) is 9.97 Å². The lowest BCUT2D eigenvalue weighted by Gasteiger charge is -2.07. The van der Waals surface area contributed by atoms with Crippen LogP contribution in [0.2, 0.25) is 10.3 Å². The summed E-state index contributed by atoms with van der Waals surface area (Å²) in [6, 6.07) is 6.61. The number of thiophene rings is 1. The molecule has 1 aromatic carbocycles. The van der Waals surface area contributed by atoms with Gasteiger partial charge in [-0.3, -0.25) is 0 Å². The number of rotatable bonds is 3. The number of anilines is 1. The number of halogens is 3. The van der Waals surface area contributed by atoms with Crippen molar-refractivity contribution in [2.24, 2.45) is 0 Å². The number of nitrogens with one attached hydrogen (secondary N) is 1. The first-order valence-electron chi connectivity index (χ1n) is 6.14. The molecule has 0 amide bonds. The van der Waals surface area contributed by atoms with Gasteiger partial charge in [0.1, 0.15) is 16.5 Å². The van der Waals surface area contributed by atoms with Crippen molar-refractivity contribution in [2.45, 2.75) is 13.5 Å². The number of nitrogens with zero attached hydrogens (tertiary/aromatic N) is 2. The molecule has 0 atom stereocenters. The zero-order chi connectivity index (χ0) is 15.0. The van der Waals surface area contributed by atoms with Crippen molar-refractivity contribution in [2.75, 3.05) is 5.32 Å². The Balaban J connectivity index is 1.89. The van der Waals surface area contributed by atoms with Crippen molar-refractivity contribution < 1.29 is 4.39 Å². The number of benzene rings is 1. The zero-order valence-electron chi connectivity index (χ0n) is 11.0. The minimum Gasteiger partial charge on any atom is -0.365 e. The smallest absolute Gasteiger partial charge is 0.225 e. The van der Waals surface area contributed by atoms with Crippen LogP contribution in [0.3, 0.4) is 0 Å². The highest BCUT2D eigenvalue weighted by Crippen LogP contribution is 2.29. The molecular weight excluding hydrogens is 332 g/mol. The van der Waals surface area contributed by atoms with Gasteiger partial charge in [-0.15, -0.1) is 11.3 Å². The molecule has 0 aliphatic rings. The Morgan fingerprint density at radius 2 is 2.05 bits per heavy atom. The van der Waals surface area contributed by atoms with Crippen molar-refractivity contribution in [1.29, 1.82) is 0 Å². The van der Waals surface area contributed by atoms with Gasteiger partial charge in [0.25, 0.3) is 0 Å². The number of hydrogen-bond donors (Lipinski definition) is 1. The molecule has 0 unspecified atom stereocenters. The molecule has 3 nitrogen and oxygen atoms in total. The van der Waals surface area contributed by atoms with Crippen LogP contribution in [0.4, 0.5) is 10.2 Å². The molecule has 0 radical (unpaired) electrons. The molecule has 7 heteroatoms. The minimum absolute atomic E-state index is 0.103. The van der Waals surface area contributed by atoms with E-state index in [9.17, 15) is 4.39 Å². The second-order valence-corrected chi connectivity index (χ2v) is 6.50. The van der Waals surface area contributed by atoms with E-state index in [0.717, 1.165) is 20.7 Å². The summed E-state index contributed by atoms with van der Waals surface area (Å²) < 4.78 is 13.1. The molecule has 2 aromatic heterocycles. The highest BCUT2D eigenvalue weighted by atomic mass is 35.5. The maximum absolute atomic E-state index is 13.1. The van der Waals surface area contributed by atoms with Crippen LogP contribution in [0.1, 0.15) is 10.4 Å². The lowest BCUT2D eigenvalue weighted by Crippen LogP contribution is -2.02. The van der Waals surface area contributed by atoms with Crippen LogP contribution in [-0.2, 0) is 6.54 Å². The van der Waals surface area contributed by atoms with Gasteiger partial charge in [0.15, 0.2) is 0 Å². The number of aromatic nitrogens is 2. The third-order valence-electron chi connectivity index (χ3n) is 2.93. The van der Waals surface area contributed by atoms with Gasteiger partial charge in [0.2, 0.25) is 5.28 Å². The van der Waals surface area contributed by atoms with Crippen LogP contribution in [-0.4, -0.2) is 9.97 Å². The van der Waals surface area contributed by atoms with Gasteiger partial charge < -0.3 is 5.32 Å². The first-order valence-corrected chi connectivity index (χ1v) is 7.71. The second kappa shape index (κ2) is 5.75. The van der Waals surface area contributed by atoms with Crippen LogP contribution in [0.5, 0.6) is 0 Å². The minimum atomic E-state index is -0.429. The average molecular weight is 342 g/mol. The standard InChI is InChI=1S/C14H10Cl2FN3S/c1-7-4-9-12(19-14(16)20-13(9)21-7)18-6-8-2-3-11(17)10(15)5-8/h2-5H,6H2,1H3,(H,18,19,20). The molecule has 0 saturated carbocycles. The Labute approximate surface area is 134 Å². The average Bonchev–Trinajstić information content (AvgIpc) is 2.80. The van der Waals surface area contributed by atoms with Crippen LogP contribution in [0.25, 0.3) is 10.2 Å². The predicted octanol–water partition coefficient (Wildman–Crippen LogP) is 5.06. The fraction of sp³-hybridized carbons (Fsp3) is 0.143. The van der Waals surface area contributed by atoms with Gasteiger partial charge in [-0.2, -0.15) is 0 Å². The van der Waals surface area contributed by atoms with Crippen molar-refractivity contribution in [3.05, 3.63) is 50.8 Å². The highest BCUT2D eigenvalue weighted by molar-refractivity contribution is 7.18. The molecule has 0 fully saturated rings. The first kappa shape index (κ1) is 14.5. The van der Waals surface area contributed by atoms with Gasteiger partial charge >= 0.3 is 0 Å². The number of hydrogen-bond acceptors (Lipinski definition) is 4. The Bertz CT molecular complexity index is 819. The summed E-state index contributed by atoms with van der Waals surface area (Å²) in [4.78, 5) is 10.4. The van der Waals surface area contributed by atoms with E-state index >= 15 is 0 Å². The molecule has 3 aromatic rings. The molecular formula is C14H10Cl2FN3S. The number of fused-ring (bicyclic) bond motifs is 1. The summed E-state index contributed by atoms with van der Waals surface area (Å²) in [5.41, 5.74) is 0.858. The largest absolute Gasteiger partial charge is 0.365 e. The van der Waals surface area contributed by atoms with E-state index in [4.69, 9.17) is 23.2 Å². The quantitative estimate of drug-likeness (QED) is 0.676. The Morgan fingerprint density at radius 1 is 1.24 bits per heavy atom. The molecule has 0 aliphatic heterocycles. The fourth-order valence-corrected chi connectivity index (χ4v) is 3.29. The Hall–Kier alpha value is -1.43. The topological polar surface area (TPSA) is 37.8 Å². The zero-order valence-corrected chi connectivity index (χ0v) is 13.3. The Kier molecular flexibility index (Phi) is 3.97. The summed E-state index contributed by atoms with van der Waals surface area (Å²) in [6.07, 6.45) is 0. The summed E-state index contributed by atoms with van der Waals surface area (Å²) >= 11 is 13.3. The van der Waals surface area contributed by atoms with Crippen LogP contribution in [0.15, 0.2) is 24.3 Å². The van der Waals surface area contributed by atoms with Gasteiger partial charge in [0, 0.05) is 11.4 Å². The Morgan fingerprint density at radius 3 is 2.81 bits per heavy atom. The van der Waals surface area contributed by atoms with Crippen molar-refractivity contribution >= 4 is 50.6 Å². The lowest BCUT2D eigenvalue weighted by molar-refractivity contribution is 0.627. The molecule has 1 N–H and O–H groups in total. The van der Waals surface area contributed by atoms with E-state index in [-0.39, 0.29) is 10.3 Å². The van der Waals surface area contributed by atoms with Crippen LogP contribution >= 0.6 is 34.5 Å². The summed E-state index contributed by atoms with van der Waals surface area (Å²) in [6.45, 7) is 2.47. The summed E-state index contributed by atoms with van der Waals surface area (Å²) in [5.74, 6) is 0.233. The molecule has 0 saturated heterocycles. The predicted molar refractivity (Wildman–Crippen MR) is 85.9 cm³/mol. The normalized spacial score (nSPS) is 11.0. The van der Waals surface area contributed by atoms with E-state index in [2.05, 4.69) is 15.3 Å². The summed E-state index contributed by atoms with van der Waals surface area (Å²) in [5, 5.41) is 4.42. The number of aryl methyl sites for hydroxylation is 1. The molecule has 3 rings (SSSR count). The maximum Gasteiger partial charge on any atom is 0.225 e. The van der Waals surface area contributed by atoms with E-state index in [0.29, 0.717) is 12.4 Å². The van der Waals surface area contributed by atoms with E-state index in [1.165, 1.54) is 6.07 Å². The van der Waals surface area contributed by atoms with Gasteiger partial charge in [-0.05, 0) is 42.3 Å². The van der Waals surface area contributed by atoms with Crippen molar-refractivity contribution in [3.8, 4) is 0 Å². The molecule has 21 heavy (non-hydrogen) atoms. The van der Waals surface area contributed by atoms with Gasteiger partial charge in [-0.1, -0.05) is 17.7 Å². The van der Waals surface area contributed by atoms with Gasteiger partial charge in [-0.25, -0.2) is 14.4 Å². The fourth-order valence-electron chi connectivity index (χ4n) is 1.99. The van der Waals surface area contributed by atoms with E-state index in [1.54, 1.807) is 23.5 Å². The summed E-state index contributed by atoms with van der Waals surface area (Å²) in [7, 11) is 0. The van der Waals surface area contributed by atoms with Crippen LogP contribution < -0.4 is 5.32 Å². The molecule has 0 spiro atoms. The first-order chi connectivity index (χ1) is 10.0. The van der Waals surface area contributed by atoms with Crippen molar-refractivity contribution in [3.63, 3.8) is 0 Å². The van der Waals surface area contributed by atoms with Crippen LogP contribution in [0, 0.1) is 12.7 Å². The molecule has 2 heterocycles. The third-order valence-corrected chi connectivity index (χ3v) is 4.34. The SMILES string of the molecule is Cc1cc2c(NCc3ccc(F)c(Cl)c3)nc(Cl)nc2s1.